The summed E-state index contributed by atoms with van der Waals surface area (Å²) in [5.41, 5.74) is 0.822. The van der Waals surface area contributed by atoms with Crippen molar-refractivity contribution in [2.24, 2.45) is 0 Å². The average molecular weight is 287 g/mol. The lowest BCUT2D eigenvalue weighted by molar-refractivity contribution is 0.584. The van der Waals surface area contributed by atoms with E-state index in [0.29, 0.717) is 24.9 Å². The van der Waals surface area contributed by atoms with Crippen LogP contribution >= 0.6 is 0 Å². The summed E-state index contributed by atoms with van der Waals surface area (Å²) in [6.07, 6.45) is 0. The Morgan fingerprint density at radius 2 is 1.89 bits per heavy atom. The third-order valence-electron chi connectivity index (χ3n) is 2.23. The lowest BCUT2D eigenvalue weighted by Crippen LogP contribution is -2.29. The molecular weight excluding hydrogens is 266 g/mol. The molecule has 0 amide bonds. The Balaban J connectivity index is 2.58. The van der Waals surface area contributed by atoms with E-state index in [9.17, 15) is 8.42 Å². The summed E-state index contributed by atoms with van der Waals surface area (Å²) >= 11 is 0. The molecule has 0 radical (unpaired) electrons. The molecule has 0 saturated heterocycles. The molecule has 0 aliphatic heterocycles. The first kappa shape index (κ1) is 15.6. The standard InChI is InChI=1S/C11H21N5O2S/c1-4-12-11-15-9(3)8-10(16-11)13-6-7-19(17,18)14-5-2/h8,14H,4-7H2,1-3H3,(H2,12,13,15,16). The monoisotopic (exact) mass is 287 g/mol. The molecule has 19 heavy (non-hydrogen) atoms. The maximum atomic E-state index is 11.5. The number of nitrogens with zero attached hydrogens (tertiary/aromatic N) is 2. The van der Waals surface area contributed by atoms with Gasteiger partial charge in [0.25, 0.3) is 0 Å². The van der Waals surface area contributed by atoms with Crippen molar-refractivity contribution >= 4 is 21.8 Å². The number of anilines is 2. The summed E-state index contributed by atoms with van der Waals surface area (Å²) in [6.45, 7) is 7.01. The van der Waals surface area contributed by atoms with Crippen molar-refractivity contribution in [1.82, 2.24) is 14.7 Å². The van der Waals surface area contributed by atoms with E-state index in [2.05, 4.69) is 25.3 Å². The molecular formula is C11H21N5O2S. The highest BCUT2D eigenvalue weighted by atomic mass is 32.2. The van der Waals surface area contributed by atoms with Crippen LogP contribution < -0.4 is 15.4 Å². The number of sulfonamides is 1. The summed E-state index contributed by atoms with van der Waals surface area (Å²) in [7, 11) is -3.20. The first-order chi connectivity index (χ1) is 8.96. The van der Waals surface area contributed by atoms with Crippen molar-refractivity contribution in [3.8, 4) is 0 Å². The van der Waals surface area contributed by atoms with E-state index in [0.717, 1.165) is 12.2 Å². The third kappa shape index (κ3) is 5.84. The summed E-state index contributed by atoms with van der Waals surface area (Å²) in [4.78, 5) is 8.46. The van der Waals surface area contributed by atoms with E-state index in [1.165, 1.54) is 0 Å². The second-order valence-electron chi connectivity index (χ2n) is 3.99. The van der Waals surface area contributed by atoms with Crippen molar-refractivity contribution in [3.05, 3.63) is 11.8 Å². The molecule has 0 unspecified atom stereocenters. The fraction of sp³-hybridized carbons (Fsp3) is 0.636. The SMILES string of the molecule is CCNc1nc(C)cc(NCCS(=O)(=O)NCC)n1. The molecule has 1 rings (SSSR count). The van der Waals surface area contributed by atoms with Crippen LogP contribution in [0.1, 0.15) is 19.5 Å². The number of rotatable bonds is 8. The zero-order valence-corrected chi connectivity index (χ0v) is 12.3. The van der Waals surface area contributed by atoms with Gasteiger partial charge in [-0.05, 0) is 13.8 Å². The maximum absolute atomic E-state index is 11.5. The Hall–Kier alpha value is -1.41. The minimum absolute atomic E-state index is 0.0143. The zero-order chi connectivity index (χ0) is 14.3. The van der Waals surface area contributed by atoms with Gasteiger partial charge >= 0.3 is 0 Å². The smallest absolute Gasteiger partial charge is 0.224 e. The predicted molar refractivity (Wildman–Crippen MR) is 76.9 cm³/mol. The van der Waals surface area contributed by atoms with E-state index < -0.39 is 10.0 Å². The van der Waals surface area contributed by atoms with Crippen molar-refractivity contribution in [1.29, 1.82) is 0 Å². The predicted octanol–water partition coefficient (Wildman–Crippen LogP) is 0.568. The van der Waals surface area contributed by atoms with E-state index in [4.69, 9.17) is 0 Å². The molecule has 0 bridgehead atoms. The van der Waals surface area contributed by atoms with Gasteiger partial charge in [0.05, 0.1) is 5.75 Å². The summed E-state index contributed by atoms with van der Waals surface area (Å²) in [5.74, 6) is 1.18. The molecule has 0 aliphatic rings. The minimum atomic E-state index is -3.20. The molecule has 1 heterocycles. The highest BCUT2D eigenvalue weighted by Gasteiger charge is 2.08. The number of aromatic nitrogens is 2. The fourth-order valence-electron chi connectivity index (χ4n) is 1.50. The normalized spacial score (nSPS) is 11.3. The number of aryl methyl sites for hydroxylation is 1. The molecule has 0 aliphatic carbocycles. The quantitative estimate of drug-likeness (QED) is 0.647. The van der Waals surface area contributed by atoms with Gasteiger partial charge in [-0.25, -0.2) is 18.1 Å². The molecule has 0 atom stereocenters. The molecule has 3 N–H and O–H groups in total. The summed E-state index contributed by atoms with van der Waals surface area (Å²) < 4.78 is 25.4. The van der Waals surface area contributed by atoms with Crippen LogP contribution in [0, 0.1) is 6.92 Å². The van der Waals surface area contributed by atoms with Crippen LogP contribution in [0.4, 0.5) is 11.8 Å². The molecule has 0 fully saturated rings. The third-order valence-corrected chi connectivity index (χ3v) is 3.70. The second-order valence-corrected chi connectivity index (χ2v) is 5.92. The van der Waals surface area contributed by atoms with Crippen molar-refractivity contribution in [2.75, 3.05) is 36.0 Å². The molecule has 1 aromatic heterocycles. The summed E-state index contributed by atoms with van der Waals surface area (Å²) in [5, 5.41) is 6.01. The van der Waals surface area contributed by atoms with Crippen LogP contribution in [0.25, 0.3) is 0 Å². The van der Waals surface area contributed by atoms with Crippen LogP contribution in [0.15, 0.2) is 6.07 Å². The molecule has 8 heteroatoms. The molecule has 7 nitrogen and oxygen atoms in total. The van der Waals surface area contributed by atoms with Crippen molar-refractivity contribution in [3.63, 3.8) is 0 Å². The molecule has 0 saturated carbocycles. The van der Waals surface area contributed by atoms with Gasteiger partial charge in [0.15, 0.2) is 0 Å². The largest absolute Gasteiger partial charge is 0.369 e. The highest BCUT2D eigenvalue weighted by Crippen LogP contribution is 2.09. The second kappa shape index (κ2) is 7.25. The van der Waals surface area contributed by atoms with Crippen LogP contribution in [-0.2, 0) is 10.0 Å². The maximum Gasteiger partial charge on any atom is 0.224 e. The van der Waals surface area contributed by atoms with E-state index >= 15 is 0 Å². The van der Waals surface area contributed by atoms with E-state index in [1.54, 1.807) is 13.0 Å². The van der Waals surface area contributed by atoms with Gasteiger partial charge < -0.3 is 10.6 Å². The van der Waals surface area contributed by atoms with Gasteiger partial charge in [0.2, 0.25) is 16.0 Å². The number of hydrogen-bond donors (Lipinski definition) is 3. The molecule has 108 valence electrons. The van der Waals surface area contributed by atoms with Gasteiger partial charge in [0.1, 0.15) is 5.82 Å². The Kier molecular flexibility index (Phi) is 5.97. The first-order valence-electron chi connectivity index (χ1n) is 6.27. The van der Waals surface area contributed by atoms with E-state index in [-0.39, 0.29) is 5.75 Å². The fourth-order valence-corrected chi connectivity index (χ4v) is 2.46. The Bertz CT molecular complexity index is 504. The number of hydrogen-bond acceptors (Lipinski definition) is 6. The molecule has 0 spiro atoms. The lowest BCUT2D eigenvalue weighted by atomic mass is 10.4. The minimum Gasteiger partial charge on any atom is -0.369 e. The average Bonchev–Trinajstić information content (AvgIpc) is 2.28. The van der Waals surface area contributed by atoms with Crippen LogP contribution in [-0.4, -0.2) is 43.8 Å². The van der Waals surface area contributed by atoms with Crippen LogP contribution in [0.2, 0.25) is 0 Å². The van der Waals surface area contributed by atoms with Gasteiger partial charge in [-0.15, -0.1) is 0 Å². The first-order valence-corrected chi connectivity index (χ1v) is 7.93. The van der Waals surface area contributed by atoms with Crippen LogP contribution in [0.5, 0.6) is 0 Å². The van der Waals surface area contributed by atoms with Gasteiger partial charge in [0, 0.05) is 31.4 Å². The van der Waals surface area contributed by atoms with Gasteiger partial charge in [-0.1, -0.05) is 6.92 Å². The lowest BCUT2D eigenvalue weighted by Gasteiger charge is -2.09. The molecule has 1 aromatic rings. The van der Waals surface area contributed by atoms with Crippen molar-refractivity contribution in [2.45, 2.75) is 20.8 Å². The Labute approximate surface area is 114 Å². The Morgan fingerprint density at radius 3 is 2.53 bits per heavy atom. The molecule has 0 aromatic carbocycles. The summed E-state index contributed by atoms with van der Waals surface area (Å²) in [6, 6.07) is 1.78. The van der Waals surface area contributed by atoms with E-state index in [1.807, 2.05) is 13.8 Å². The van der Waals surface area contributed by atoms with Crippen LogP contribution in [0.3, 0.4) is 0 Å². The van der Waals surface area contributed by atoms with Gasteiger partial charge in [-0.3, -0.25) is 0 Å². The number of nitrogens with one attached hydrogen (secondary N) is 3. The van der Waals surface area contributed by atoms with Gasteiger partial charge in [-0.2, -0.15) is 4.98 Å². The Morgan fingerprint density at radius 1 is 1.16 bits per heavy atom. The topological polar surface area (TPSA) is 96.0 Å². The zero-order valence-electron chi connectivity index (χ0n) is 11.5. The van der Waals surface area contributed by atoms with Crippen molar-refractivity contribution < 1.29 is 8.42 Å². The highest BCUT2D eigenvalue weighted by molar-refractivity contribution is 7.89.